The molecule has 4 rings (SSSR count). The van der Waals surface area contributed by atoms with Crippen molar-refractivity contribution in [2.45, 2.75) is 57.2 Å². The van der Waals surface area contributed by atoms with Crippen LogP contribution in [0.3, 0.4) is 0 Å². The summed E-state index contributed by atoms with van der Waals surface area (Å²) in [6.45, 7) is 4.26. The third-order valence-electron chi connectivity index (χ3n) is 6.17. The quantitative estimate of drug-likeness (QED) is 0.901. The van der Waals surface area contributed by atoms with E-state index in [4.69, 9.17) is 0 Å². The van der Waals surface area contributed by atoms with Gasteiger partial charge in [-0.15, -0.1) is 0 Å². The molecule has 0 aliphatic carbocycles. The van der Waals surface area contributed by atoms with E-state index in [1.807, 2.05) is 24.3 Å². The summed E-state index contributed by atoms with van der Waals surface area (Å²) in [5.41, 5.74) is 1.42. The predicted molar refractivity (Wildman–Crippen MR) is 97.0 cm³/mol. The predicted octanol–water partition coefficient (Wildman–Crippen LogP) is 4.23. The van der Waals surface area contributed by atoms with Crippen LogP contribution >= 0.6 is 0 Å². The van der Waals surface area contributed by atoms with Gasteiger partial charge in [0.25, 0.3) is 0 Å². The first kappa shape index (κ1) is 15.5. The molecule has 0 spiro atoms. The average molecular weight is 320 g/mol. The molecule has 2 saturated heterocycles. The second-order valence-electron chi connectivity index (χ2n) is 7.75. The fourth-order valence-corrected chi connectivity index (χ4v) is 4.73. The molecule has 2 aromatic rings. The molecule has 2 fully saturated rings. The number of fused-ring (bicyclic) bond motifs is 3. The first-order valence-electron chi connectivity index (χ1n) is 8.96. The van der Waals surface area contributed by atoms with Crippen LogP contribution in [0, 0.1) is 17.2 Å². The van der Waals surface area contributed by atoms with Gasteiger partial charge >= 0.3 is 0 Å². The van der Waals surface area contributed by atoms with Crippen LogP contribution in [-0.4, -0.2) is 22.8 Å². The van der Waals surface area contributed by atoms with Crippen LogP contribution < -0.4 is 4.90 Å². The molecule has 0 amide bonds. The number of nitriles is 1. The molecule has 0 aromatic heterocycles. The molecule has 0 saturated carbocycles. The number of nitrogens with zero attached hydrogens (tertiary/aromatic N) is 2. The van der Waals surface area contributed by atoms with E-state index in [0.29, 0.717) is 18.0 Å². The summed E-state index contributed by atoms with van der Waals surface area (Å²) in [6, 6.07) is 15.3. The van der Waals surface area contributed by atoms with E-state index >= 15 is 0 Å². The van der Waals surface area contributed by atoms with Crippen molar-refractivity contribution in [3.8, 4) is 6.07 Å². The minimum absolute atomic E-state index is 0.292. The van der Waals surface area contributed by atoms with Gasteiger partial charge in [-0.3, -0.25) is 0 Å². The van der Waals surface area contributed by atoms with Crippen LogP contribution in [0.25, 0.3) is 10.8 Å². The van der Waals surface area contributed by atoms with Crippen LogP contribution in [0.5, 0.6) is 0 Å². The molecule has 2 heterocycles. The highest BCUT2D eigenvalue weighted by atomic mass is 16.3. The summed E-state index contributed by atoms with van der Waals surface area (Å²) in [5, 5.41) is 22.6. The normalized spacial score (nSPS) is 29.2. The van der Waals surface area contributed by atoms with Gasteiger partial charge in [0.05, 0.1) is 17.2 Å². The highest BCUT2D eigenvalue weighted by molar-refractivity contribution is 5.98. The molecule has 124 valence electrons. The molecule has 3 heteroatoms. The second-order valence-corrected chi connectivity index (χ2v) is 7.75. The maximum Gasteiger partial charge on any atom is 0.0998 e. The fourth-order valence-electron chi connectivity index (χ4n) is 4.73. The lowest BCUT2D eigenvalue weighted by Crippen LogP contribution is -2.53. The van der Waals surface area contributed by atoms with Crippen molar-refractivity contribution in [3.63, 3.8) is 0 Å². The maximum atomic E-state index is 11.0. The number of benzene rings is 2. The lowest BCUT2D eigenvalue weighted by Gasteiger charge is -2.47. The van der Waals surface area contributed by atoms with Gasteiger partial charge in [-0.1, -0.05) is 38.1 Å². The molecule has 2 aliphatic heterocycles. The van der Waals surface area contributed by atoms with E-state index in [-0.39, 0.29) is 0 Å². The summed E-state index contributed by atoms with van der Waals surface area (Å²) in [7, 11) is 0. The van der Waals surface area contributed by atoms with E-state index in [2.05, 4.69) is 36.9 Å². The first-order chi connectivity index (χ1) is 11.5. The molecule has 0 radical (unpaired) electrons. The van der Waals surface area contributed by atoms with Crippen molar-refractivity contribution >= 4 is 16.5 Å². The molecular formula is C21H24N2O. The maximum absolute atomic E-state index is 11.0. The zero-order valence-electron chi connectivity index (χ0n) is 14.4. The topological polar surface area (TPSA) is 47.3 Å². The van der Waals surface area contributed by atoms with Gasteiger partial charge in [0.1, 0.15) is 0 Å². The van der Waals surface area contributed by atoms with Gasteiger partial charge in [0, 0.05) is 28.5 Å². The van der Waals surface area contributed by atoms with Crippen molar-refractivity contribution in [1.29, 1.82) is 5.26 Å². The molecule has 2 aromatic carbocycles. The number of anilines is 1. The molecule has 1 N–H and O–H groups in total. The van der Waals surface area contributed by atoms with Gasteiger partial charge in [0.2, 0.25) is 0 Å². The van der Waals surface area contributed by atoms with Crippen molar-refractivity contribution in [2.24, 2.45) is 5.92 Å². The van der Waals surface area contributed by atoms with Crippen LogP contribution in [0.4, 0.5) is 5.69 Å². The Bertz CT molecular complexity index is 806. The van der Waals surface area contributed by atoms with E-state index in [1.54, 1.807) is 0 Å². The Kier molecular flexibility index (Phi) is 3.54. The highest BCUT2D eigenvalue weighted by Gasteiger charge is 2.49. The zero-order valence-corrected chi connectivity index (χ0v) is 14.4. The summed E-state index contributed by atoms with van der Waals surface area (Å²) in [4.78, 5) is 2.53. The Labute approximate surface area is 143 Å². The van der Waals surface area contributed by atoms with Crippen molar-refractivity contribution in [1.82, 2.24) is 0 Å². The minimum atomic E-state index is -0.537. The Morgan fingerprint density at radius 2 is 1.71 bits per heavy atom. The van der Waals surface area contributed by atoms with Crippen molar-refractivity contribution in [2.75, 3.05) is 4.90 Å². The number of piperidine rings is 1. The van der Waals surface area contributed by atoms with Gasteiger partial charge in [-0.2, -0.15) is 5.26 Å². The summed E-state index contributed by atoms with van der Waals surface area (Å²) >= 11 is 0. The Balaban J connectivity index is 1.79. The highest BCUT2D eigenvalue weighted by Crippen LogP contribution is 2.47. The number of hydrogen-bond acceptors (Lipinski definition) is 3. The number of hydrogen-bond donors (Lipinski definition) is 1. The van der Waals surface area contributed by atoms with Crippen molar-refractivity contribution < 1.29 is 5.11 Å². The van der Waals surface area contributed by atoms with Crippen LogP contribution in [0.15, 0.2) is 36.4 Å². The van der Waals surface area contributed by atoms with Crippen LogP contribution in [0.2, 0.25) is 0 Å². The number of rotatable bonds is 2. The van der Waals surface area contributed by atoms with Gasteiger partial charge in [-0.05, 0) is 43.7 Å². The molecule has 0 unspecified atom stereocenters. The molecule has 24 heavy (non-hydrogen) atoms. The first-order valence-corrected chi connectivity index (χ1v) is 8.96. The van der Waals surface area contributed by atoms with Gasteiger partial charge in [0.15, 0.2) is 0 Å². The second kappa shape index (κ2) is 5.50. The summed E-state index contributed by atoms with van der Waals surface area (Å²) < 4.78 is 0. The van der Waals surface area contributed by atoms with Gasteiger partial charge < -0.3 is 10.0 Å². The Hall–Kier alpha value is -2.05. The van der Waals surface area contributed by atoms with Crippen LogP contribution in [0.1, 0.15) is 45.1 Å². The minimum Gasteiger partial charge on any atom is -0.389 e. The average Bonchev–Trinajstić information content (AvgIpc) is 2.85. The largest absolute Gasteiger partial charge is 0.389 e. The van der Waals surface area contributed by atoms with Crippen LogP contribution in [-0.2, 0) is 0 Å². The standard InChI is InChI=1S/C21H24N2O/c1-14(2)21(24)11-16-8-9-17(12-21)23(16)20-10-7-15(13-22)18-5-3-4-6-19(18)20/h3-7,10,14,16-17,24H,8-9,11-12H2,1-2H3/t16-,17-/m1/s1. The van der Waals surface area contributed by atoms with Crippen molar-refractivity contribution in [3.05, 3.63) is 42.0 Å². The van der Waals surface area contributed by atoms with E-state index in [1.165, 1.54) is 5.69 Å². The Morgan fingerprint density at radius 3 is 2.29 bits per heavy atom. The molecule has 2 bridgehead atoms. The lowest BCUT2D eigenvalue weighted by molar-refractivity contribution is -0.0386. The molecule has 2 aliphatic rings. The Morgan fingerprint density at radius 1 is 1.08 bits per heavy atom. The number of aliphatic hydroxyl groups is 1. The molecule has 2 atom stereocenters. The molecular weight excluding hydrogens is 296 g/mol. The zero-order chi connectivity index (χ0) is 16.9. The van der Waals surface area contributed by atoms with E-state index in [9.17, 15) is 10.4 Å². The monoisotopic (exact) mass is 320 g/mol. The third kappa shape index (κ3) is 2.21. The summed E-state index contributed by atoms with van der Waals surface area (Å²) in [6.07, 6.45) is 3.98. The SMILES string of the molecule is CC(C)C1(O)C[C@H]2CC[C@H](C1)N2c1ccc(C#N)c2ccccc12. The van der Waals surface area contributed by atoms with E-state index < -0.39 is 5.60 Å². The molecule has 3 nitrogen and oxygen atoms in total. The van der Waals surface area contributed by atoms with Gasteiger partial charge in [-0.25, -0.2) is 0 Å². The lowest BCUT2D eigenvalue weighted by atomic mass is 9.77. The smallest absolute Gasteiger partial charge is 0.0998 e. The summed E-state index contributed by atoms with van der Waals surface area (Å²) in [5.74, 6) is 0.292. The fraction of sp³-hybridized carbons (Fsp3) is 0.476. The van der Waals surface area contributed by atoms with E-state index in [0.717, 1.165) is 42.0 Å². The third-order valence-corrected chi connectivity index (χ3v) is 6.17.